The van der Waals surface area contributed by atoms with E-state index in [1.54, 1.807) is 6.07 Å². The van der Waals surface area contributed by atoms with Crippen LogP contribution in [-0.4, -0.2) is 5.91 Å². The summed E-state index contributed by atoms with van der Waals surface area (Å²) in [5.41, 5.74) is -0.546. The molecule has 1 amide bonds. The molecular weight excluding hydrogens is 397 g/mol. The number of carbonyl (C=O) groups is 1. The predicted molar refractivity (Wildman–Crippen MR) is 99.0 cm³/mol. The Balaban J connectivity index is 1.73. The largest absolute Gasteiger partial charge is 0.451 e. The summed E-state index contributed by atoms with van der Waals surface area (Å²) in [7, 11) is 0. The van der Waals surface area contributed by atoms with Crippen LogP contribution in [0, 0.1) is 0 Å². The number of alkyl halides is 3. The molecule has 0 bridgehead atoms. The van der Waals surface area contributed by atoms with Gasteiger partial charge in [-0.25, -0.2) is 0 Å². The lowest BCUT2D eigenvalue weighted by Crippen LogP contribution is -2.14. The molecule has 0 unspecified atom stereocenters. The van der Waals surface area contributed by atoms with Gasteiger partial charge in [0.15, 0.2) is 5.76 Å². The topological polar surface area (TPSA) is 68.3 Å². The first-order valence-electron chi connectivity index (χ1n) is 7.59. The first-order chi connectivity index (χ1) is 12.9. The first-order valence-corrected chi connectivity index (χ1v) is 9.28. The Bertz CT molecular complexity index is 958. The molecule has 1 heterocycles. The van der Waals surface area contributed by atoms with Gasteiger partial charge in [0.25, 0.3) is 5.91 Å². The minimum absolute atomic E-state index is 0.00667. The lowest BCUT2D eigenvalue weighted by Gasteiger charge is -2.07. The molecule has 0 aliphatic carbocycles. The standard InChI is InChI=1S/C18H13F3N2O2S2/c19-18(20,21)12-5-3-4-11(10-12)13-8-9-14(25-13)17(24)23-27-16-7-2-1-6-15(16)26-22/h1-10H,22H2,(H,23,24). The van der Waals surface area contributed by atoms with Crippen LogP contribution in [0.1, 0.15) is 16.1 Å². The van der Waals surface area contributed by atoms with Gasteiger partial charge in [-0.15, -0.1) is 0 Å². The molecule has 9 heteroatoms. The lowest BCUT2D eigenvalue weighted by molar-refractivity contribution is -0.137. The second-order valence-electron chi connectivity index (χ2n) is 5.34. The highest BCUT2D eigenvalue weighted by atomic mass is 32.2. The number of rotatable bonds is 5. The van der Waals surface area contributed by atoms with Gasteiger partial charge in [-0.1, -0.05) is 24.3 Å². The number of hydrogen-bond donors (Lipinski definition) is 2. The van der Waals surface area contributed by atoms with E-state index in [1.165, 1.54) is 24.3 Å². The number of hydrogen-bond acceptors (Lipinski definition) is 5. The van der Waals surface area contributed by atoms with Crippen LogP contribution in [0.3, 0.4) is 0 Å². The molecule has 27 heavy (non-hydrogen) atoms. The molecule has 0 saturated heterocycles. The van der Waals surface area contributed by atoms with Gasteiger partial charge in [-0.2, -0.15) is 13.2 Å². The second-order valence-corrected chi connectivity index (χ2v) is 6.86. The molecule has 3 rings (SSSR count). The van der Waals surface area contributed by atoms with Gasteiger partial charge < -0.3 is 4.42 Å². The SMILES string of the molecule is NSc1ccccc1SNC(=O)c1ccc(-c2cccc(C(F)(F)F)c2)o1. The predicted octanol–water partition coefficient (Wildman–Crippen LogP) is 5.37. The maximum Gasteiger partial charge on any atom is 0.416 e. The van der Waals surface area contributed by atoms with Gasteiger partial charge in [0.05, 0.1) is 5.56 Å². The molecule has 2 aromatic carbocycles. The highest BCUT2D eigenvalue weighted by Gasteiger charge is 2.30. The van der Waals surface area contributed by atoms with Crippen LogP contribution < -0.4 is 9.86 Å². The highest BCUT2D eigenvalue weighted by molar-refractivity contribution is 8.00. The Morgan fingerprint density at radius 3 is 2.44 bits per heavy atom. The number of furan rings is 1. The van der Waals surface area contributed by atoms with Crippen molar-refractivity contribution in [3.05, 3.63) is 72.0 Å². The molecule has 0 saturated carbocycles. The quantitative estimate of drug-likeness (QED) is 0.554. The summed E-state index contributed by atoms with van der Waals surface area (Å²) < 4.78 is 46.5. The van der Waals surface area contributed by atoms with Crippen LogP contribution in [-0.2, 0) is 6.18 Å². The summed E-state index contributed by atoms with van der Waals surface area (Å²) in [5, 5.41) is 5.57. The number of amides is 1. The summed E-state index contributed by atoms with van der Waals surface area (Å²) in [6.45, 7) is 0. The van der Waals surface area contributed by atoms with E-state index >= 15 is 0 Å². The summed E-state index contributed by atoms with van der Waals surface area (Å²) in [5.74, 6) is -0.336. The van der Waals surface area contributed by atoms with Crippen LogP contribution in [0.15, 0.2) is 74.9 Å². The molecule has 1 aromatic heterocycles. The molecular formula is C18H13F3N2O2S2. The molecule has 4 nitrogen and oxygen atoms in total. The summed E-state index contributed by atoms with van der Waals surface area (Å²) >= 11 is 2.14. The fourth-order valence-electron chi connectivity index (χ4n) is 2.25. The van der Waals surface area contributed by atoms with Crippen molar-refractivity contribution in [2.24, 2.45) is 5.14 Å². The number of nitrogens with two attached hydrogens (primary N) is 1. The van der Waals surface area contributed by atoms with E-state index in [9.17, 15) is 18.0 Å². The number of carbonyl (C=O) groups excluding carboxylic acids is 1. The molecule has 3 N–H and O–H groups in total. The second kappa shape index (κ2) is 8.12. The third-order valence-electron chi connectivity index (χ3n) is 3.53. The number of halogens is 3. The van der Waals surface area contributed by atoms with Gasteiger partial charge >= 0.3 is 6.18 Å². The van der Waals surface area contributed by atoms with Crippen molar-refractivity contribution in [2.75, 3.05) is 0 Å². The Morgan fingerprint density at radius 2 is 1.74 bits per heavy atom. The minimum atomic E-state index is -4.45. The van der Waals surface area contributed by atoms with E-state index in [1.807, 2.05) is 18.2 Å². The van der Waals surface area contributed by atoms with Gasteiger partial charge in [-0.3, -0.25) is 14.7 Å². The highest BCUT2D eigenvalue weighted by Crippen LogP contribution is 2.33. The van der Waals surface area contributed by atoms with Crippen molar-refractivity contribution >= 4 is 29.8 Å². The Kier molecular flexibility index (Phi) is 5.83. The molecule has 0 aliphatic rings. The molecule has 0 radical (unpaired) electrons. The Morgan fingerprint density at radius 1 is 1.00 bits per heavy atom. The first kappa shape index (κ1) is 19.4. The lowest BCUT2D eigenvalue weighted by atomic mass is 10.1. The van der Waals surface area contributed by atoms with Crippen molar-refractivity contribution in [1.82, 2.24) is 4.72 Å². The van der Waals surface area contributed by atoms with E-state index < -0.39 is 17.6 Å². The molecule has 3 aromatic rings. The van der Waals surface area contributed by atoms with Crippen LogP contribution in [0.5, 0.6) is 0 Å². The Labute approximate surface area is 161 Å². The zero-order chi connectivity index (χ0) is 19.4. The molecule has 0 spiro atoms. The van der Waals surface area contributed by atoms with Crippen LogP contribution in [0.4, 0.5) is 13.2 Å². The van der Waals surface area contributed by atoms with Gasteiger partial charge in [0.1, 0.15) is 5.76 Å². The third kappa shape index (κ3) is 4.68. The van der Waals surface area contributed by atoms with Crippen molar-refractivity contribution in [1.29, 1.82) is 0 Å². The van der Waals surface area contributed by atoms with Crippen molar-refractivity contribution in [2.45, 2.75) is 16.0 Å². The molecule has 0 fully saturated rings. The molecule has 0 aliphatic heterocycles. The van der Waals surface area contributed by atoms with E-state index in [4.69, 9.17) is 9.56 Å². The zero-order valence-corrected chi connectivity index (χ0v) is 15.3. The van der Waals surface area contributed by atoms with Crippen molar-refractivity contribution < 1.29 is 22.4 Å². The fourth-order valence-corrected chi connectivity index (χ4v) is 3.48. The van der Waals surface area contributed by atoms with Crippen molar-refractivity contribution in [3.8, 4) is 11.3 Å². The average Bonchev–Trinajstić information content (AvgIpc) is 3.16. The normalized spacial score (nSPS) is 11.4. The average molecular weight is 410 g/mol. The van der Waals surface area contributed by atoms with E-state index in [2.05, 4.69) is 4.72 Å². The summed E-state index contributed by atoms with van der Waals surface area (Å²) in [6.07, 6.45) is -4.45. The Hall–Kier alpha value is -2.36. The number of benzene rings is 2. The van der Waals surface area contributed by atoms with Gasteiger partial charge in [-0.05, 0) is 60.3 Å². The van der Waals surface area contributed by atoms with Gasteiger partial charge in [0.2, 0.25) is 0 Å². The van der Waals surface area contributed by atoms with E-state index in [0.717, 1.165) is 45.8 Å². The smallest absolute Gasteiger partial charge is 0.416 e. The zero-order valence-electron chi connectivity index (χ0n) is 13.6. The van der Waals surface area contributed by atoms with Crippen LogP contribution >= 0.6 is 23.9 Å². The molecule has 0 atom stereocenters. The van der Waals surface area contributed by atoms with E-state index in [-0.39, 0.29) is 17.1 Å². The van der Waals surface area contributed by atoms with Crippen LogP contribution in [0.25, 0.3) is 11.3 Å². The maximum atomic E-state index is 12.8. The summed E-state index contributed by atoms with van der Waals surface area (Å²) in [4.78, 5) is 13.8. The third-order valence-corrected chi connectivity index (χ3v) is 5.14. The number of nitrogens with one attached hydrogen (secondary N) is 1. The van der Waals surface area contributed by atoms with Crippen molar-refractivity contribution in [3.63, 3.8) is 0 Å². The fraction of sp³-hybridized carbons (Fsp3) is 0.0556. The minimum Gasteiger partial charge on any atom is -0.451 e. The van der Waals surface area contributed by atoms with E-state index in [0.29, 0.717) is 0 Å². The summed E-state index contributed by atoms with van der Waals surface area (Å²) in [6, 6.07) is 14.9. The molecule has 140 valence electrons. The van der Waals surface area contributed by atoms with Gasteiger partial charge in [0, 0.05) is 15.4 Å². The maximum absolute atomic E-state index is 12.8. The monoisotopic (exact) mass is 410 g/mol. The van der Waals surface area contributed by atoms with Crippen LogP contribution in [0.2, 0.25) is 0 Å².